The molecule has 0 aliphatic heterocycles. The van der Waals surface area contributed by atoms with Gasteiger partial charge >= 0.3 is 6.03 Å². The highest BCUT2D eigenvalue weighted by molar-refractivity contribution is 5.74. The highest BCUT2D eigenvalue weighted by atomic mass is 16.3. The number of carbonyl (C=O) groups is 1. The second-order valence-corrected chi connectivity index (χ2v) is 6.40. The number of aliphatic hydroxyl groups is 1. The first-order chi connectivity index (χ1) is 12.7. The average molecular weight is 348 g/mol. The first kappa shape index (κ1) is 16.4. The van der Waals surface area contributed by atoms with E-state index in [1.54, 1.807) is 10.9 Å². The van der Waals surface area contributed by atoms with Crippen LogP contribution in [0.1, 0.15) is 22.7 Å². The summed E-state index contributed by atoms with van der Waals surface area (Å²) in [7, 11) is 0. The van der Waals surface area contributed by atoms with E-state index in [-0.39, 0.29) is 12.1 Å². The fraction of sp³-hybridized carbons (Fsp3) is 0.200. The molecule has 0 spiro atoms. The molecular weight excluding hydrogens is 328 g/mol. The van der Waals surface area contributed by atoms with E-state index in [0.717, 1.165) is 22.4 Å². The van der Waals surface area contributed by atoms with Crippen LogP contribution >= 0.6 is 0 Å². The molecule has 0 saturated carbocycles. The van der Waals surface area contributed by atoms with Crippen molar-refractivity contribution in [2.75, 3.05) is 0 Å². The van der Waals surface area contributed by atoms with E-state index in [1.165, 1.54) is 0 Å². The molecule has 6 nitrogen and oxygen atoms in total. The van der Waals surface area contributed by atoms with Crippen LogP contribution in [0.3, 0.4) is 0 Å². The molecule has 132 valence electrons. The highest BCUT2D eigenvalue weighted by Gasteiger charge is 2.31. The molecular formula is C20H20N4O2. The minimum Gasteiger partial charge on any atom is -0.390 e. The average Bonchev–Trinajstić information content (AvgIpc) is 3.26. The smallest absolute Gasteiger partial charge is 0.315 e. The Morgan fingerprint density at radius 2 is 1.92 bits per heavy atom. The number of amides is 2. The van der Waals surface area contributed by atoms with Gasteiger partial charge < -0.3 is 15.7 Å². The van der Waals surface area contributed by atoms with Crippen LogP contribution in [-0.2, 0) is 13.0 Å². The lowest BCUT2D eigenvalue weighted by molar-refractivity contribution is 0.142. The summed E-state index contributed by atoms with van der Waals surface area (Å²) in [6.45, 7) is 0.364. The predicted octanol–water partition coefficient (Wildman–Crippen LogP) is 2.33. The van der Waals surface area contributed by atoms with Crippen molar-refractivity contribution in [2.24, 2.45) is 0 Å². The topological polar surface area (TPSA) is 79.2 Å². The Hall–Kier alpha value is -3.12. The normalized spacial score (nSPS) is 18.3. The maximum absolute atomic E-state index is 12.2. The molecule has 2 unspecified atom stereocenters. The highest BCUT2D eigenvalue weighted by Crippen LogP contribution is 2.31. The Balaban J connectivity index is 1.36. The molecule has 2 aromatic carbocycles. The van der Waals surface area contributed by atoms with E-state index in [9.17, 15) is 9.90 Å². The Labute approximate surface area is 151 Å². The van der Waals surface area contributed by atoms with Crippen LogP contribution in [0.15, 0.2) is 67.0 Å². The van der Waals surface area contributed by atoms with Crippen molar-refractivity contribution in [3.63, 3.8) is 0 Å². The molecule has 26 heavy (non-hydrogen) atoms. The zero-order valence-corrected chi connectivity index (χ0v) is 14.2. The molecule has 6 heteroatoms. The van der Waals surface area contributed by atoms with Gasteiger partial charge in [0.15, 0.2) is 0 Å². The van der Waals surface area contributed by atoms with Crippen LogP contribution in [0, 0.1) is 0 Å². The fourth-order valence-electron chi connectivity index (χ4n) is 3.30. The van der Waals surface area contributed by atoms with E-state index in [0.29, 0.717) is 13.0 Å². The number of nitrogens with one attached hydrogen (secondary N) is 2. The first-order valence-electron chi connectivity index (χ1n) is 8.60. The molecule has 0 fully saturated rings. The number of nitrogens with zero attached hydrogens (tertiary/aromatic N) is 2. The summed E-state index contributed by atoms with van der Waals surface area (Å²) in [5.74, 6) is 0. The number of urea groups is 1. The van der Waals surface area contributed by atoms with E-state index in [4.69, 9.17) is 0 Å². The van der Waals surface area contributed by atoms with Gasteiger partial charge in [-0.2, -0.15) is 5.10 Å². The maximum Gasteiger partial charge on any atom is 0.315 e. The number of hydrogen-bond donors (Lipinski definition) is 3. The summed E-state index contributed by atoms with van der Waals surface area (Å²) in [6, 6.07) is 16.9. The van der Waals surface area contributed by atoms with Crippen LogP contribution in [-0.4, -0.2) is 27.0 Å². The third kappa shape index (κ3) is 3.32. The van der Waals surface area contributed by atoms with E-state index < -0.39 is 6.10 Å². The van der Waals surface area contributed by atoms with Gasteiger partial charge in [0.05, 0.1) is 24.0 Å². The second kappa shape index (κ2) is 7.01. The van der Waals surface area contributed by atoms with Crippen LogP contribution in [0.4, 0.5) is 4.79 Å². The molecule has 0 radical (unpaired) electrons. The van der Waals surface area contributed by atoms with E-state index >= 15 is 0 Å². The first-order valence-corrected chi connectivity index (χ1v) is 8.60. The molecule has 1 heterocycles. The minimum atomic E-state index is -0.598. The molecule has 1 aliphatic carbocycles. The lowest BCUT2D eigenvalue weighted by Gasteiger charge is -2.18. The zero-order valence-electron chi connectivity index (χ0n) is 14.2. The maximum atomic E-state index is 12.2. The van der Waals surface area contributed by atoms with Crippen molar-refractivity contribution < 1.29 is 9.90 Å². The van der Waals surface area contributed by atoms with Crippen LogP contribution in [0.5, 0.6) is 0 Å². The van der Waals surface area contributed by atoms with Gasteiger partial charge in [0, 0.05) is 24.7 Å². The number of aromatic nitrogens is 2. The Morgan fingerprint density at radius 1 is 1.15 bits per heavy atom. The number of rotatable bonds is 4. The summed E-state index contributed by atoms with van der Waals surface area (Å²) in [4.78, 5) is 12.2. The molecule has 1 aliphatic rings. The van der Waals surface area contributed by atoms with Gasteiger partial charge in [-0.1, -0.05) is 42.5 Å². The number of hydrogen-bond acceptors (Lipinski definition) is 3. The van der Waals surface area contributed by atoms with Crippen LogP contribution < -0.4 is 10.6 Å². The van der Waals surface area contributed by atoms with Crippen LogP contribution in [0.25, 0.3) is 5.69 Å². The second-order valence-electron chi connectivity index (χ2n) is 6.40. The quantitative estimate of drug-likeness (QED) is 0.677. The Morgan fingerprint density at radius 3 is 2.77 bits per heavy atom. The van der Waals surface area contributed by atoms with Gasteiger partial charge in [-0.05, 0) is 23.3 Å². The minimum absolute atomic E-state index is 0.307. The summed E-state index contributed by atoms with van der Waals surface area (Å²) < 4.78 is 1.77. The molecule has 2 amide bonds. The predicted molar refractivity (Wildman–Crippen MR) is 97.8 cm³/mol. The van der Waals surface area contributed by atoms with Gasteiger partial charge in [0.25, 0.3) is 0 Å². The molecule has 0 bridgehead atoms. The number of fused-ring (bicyclic) bond motifs is 1. The van der Waals surface area contributed by atoms with Gasteiger partial charge in [-0.15, -0.1) is 0 Å². The van der Waals surface area contributed by atoms with Gasteiger partial charge in [-0.3, -0.25) is 0 Å². The SMILES string of the molecule is O=C(NCc1cnn(-c2ccccc2)c1)NC1c2ccccc2CC1O. The molecule has 4 rings (SSSR count). The summed E-state index contributed by atoms with van der Waals surface area (Å²) in [5.41, 5.74) is 3.92. The van der Waals surface area contributed by atoms with Crippen molar-refractivity contribution in [1.82, 2.24) is 20.4 Å². The lowest BCUT2D eigenvalue weighted by atomic mass is 10.1. The van der Waals surface area contributed by atoms with Crippen molar-refractivity contribution in [1.29, 1.82) is 0 Å². The van der Waals surface area contributed by atoms with Gasteiger partial charge in [0.2, 0.25) is 0 Å². The number of carbonyl (C=O) groups excluding carboxylic acids is 1. The number of benzene rings is 2. The Bertz CT molecular complexity index is 907. The fourth-order valence-corrected chi connectivity index (χ4v) is 3.30. The standard InChI is InChI=1S/C20H20N4O2/c25-18-10-15-6-4-5-9-17(15)19(18)23-20(26)21-11-14-12-22-24(13-14)16-7-2-1-3-8-16/h1-9,12-13,18-19,25H,10-11H2,(H2,21,23,26). The monoisotopic (exact) mass is 348 g/mol. The van der Waals surface area contributed by atoms with Crippen molar-refractivity contribution in [3.05, 3.63) is 83.7 Å². The molecule has 1 aromatic heterocycles. The summed E-state index contributed by atoms with van der Waals surface area (Å²) >= 11 is 0. The Kier molecular flexibility index (Phi) is 4.41. The molecule has 3 aromatic rings. The third-order valence-corrected chi connectivity index (χ3v) is 4.60. The van der Waals surface area contributed by atoms with Crippen molar-refractivity contribution in [3.8, 4) is 5.69 Å². The molecule has 0 saturated heterocycles. The van der Waals surface area contributed by atoms with Crippen molar-refractivity contribution in [2.45, 2.75) is 25.1 Å². The molecule has 2 atom stereocenters. The van der Waals surface area contributed by atoms with Crippen LogP contribution in [0.2, 0.25) is 0 Å². The summed E-state index contributed by atoms with van der Waals surface area (Å²) in [5, 5.41) is 20.2. The zero-order chi connectivity index (χ0) is 17.9. The van der Waals surface area contributed by atoms with E-state index in [1.807, 2.05) is 60.8 Å². The number of aliphatic hydroxyl groups excluding tert-OH is 1. The van der Waals surface area contributed by atoms with Crippen molar-refractivity contribution >= 4 is 6.03 Å². The number of para-hydroxylation sites is 1. The third-order valence-electron chi connectivity index (χ3n) is 4.60. The van der Waals surface area contributed by atoms with E-state index in [2.05, 4.69) is 15.7 Å². The van der Waals surface area contributed by atoms with Gasteiger partial charge in [0.1, 0.15) is 0 Å². The largest absolute Gasteiger partial charge is 0.390 e. The molecule has 3 N–H and O–H groups in total. The van der Waals surface area contributed by atoms with Gasteiger partial charge in [-0.25, -0.2) is 9.48 Å². The summed E-state index contributed by atoms with van der Waals surface area (Å²) in [6.07, 6.45) is 3.58. The lowest BCUT2D eigenvalue weighted by Crippen LogP contribution is -2.40.